The van der Waals surface area contributed by atoms with Crippen LogP contribution in [0.15, 0.2) is 28.6 Å². The molecular weight excluding hydrogens is 344 g/mol. The van der Waals surface area contributed by atoms with Crippen molar-refractivity contribution in [1.82, 2.24) is 10.2 Å². The molecule has 24 heavy (non-hydrogen) atoms. The molecule has 1 aliphatic rings. The molecule has 8 heteroatoms. The lowest BCUT2D eigenvalue weighted by Gasteiger charge is -2.08. The normalized spacial score (nSPS) is 16.7. The molecule has 1 aromatic heterocycles. The average molecular weight is 362 g/mol. The molecule has 6 nitrogen and oxygen atoms in total. The number of aromatic nitrogens is 2. The highest BCUT2D eigenvalue weighted by molar-refractivity contribution is 8.01. The Balaban J connectivity index is 1.36. The fraction of sp³-hybridized carbons (Fsp3) is 0.438. The zero-order valence-electron chi connectivity index (χ0n) is 13.1. The molecule has 1 saturated heterocycles. The van der Waals surface area contributed by atoms with Gasteiger partial charge in [-0.25, -0.2) is 0 Å². The third kappa shape index (κ3) is 5.09. The molecule has 1 fully saturated rings. The predicted molar refractivity (Wildman–Crippen MR) is 94.7 cm³/mol. The first-order chi connectivity index (χ1) is 11.8. The standard InChI is InChI=1S/C16H18N4O2S2/c17-10-12-3-1-4-13(9-12)22-7-8-23-16-20-19-15(24-16)18-11-14-5-2-6-21-14/h1,3-4,9,14H,2,5-8,11H2,(H,18,19). The van der Waals surface area contributed by atoms with E-state index in [9.17, 15) is 0 Å². The van der Waals surface area contributed by atoms with Gasteiger partial charge in [0.25, 0.3) is 0 Å². The van der Waals surface area contributed by atoms with Crippen molar-refractivity contribution >= 4 is 28.2 Å². The van der Waals surface area contributed by atoms with Crippen LogP contribution in [0.25, 0.3) is 0 Å². The Morgan fingerprint density at radius 2 is 2.42 bits per heavy atom. The van der Waals surface area contributed by atoms with Crippen molar-refractivity contribution in [2.75, 3.05) is 30.8 Å². The summed E-state index contributed by atoms with van der Waals surface area (Å²) in [5, 5.41) is 21.3. The molecule has 1 N–H and O–H groups in total. The predicted octanol–water partition coefficient (Wildman–Crippen LogP) is 3.17. The van der Waals surface area contributed by atoms with Gasteiger partial charge in [0.15, 0.2) is 4.34 Å². The van der Waals surface area contributed by atoms with Crippen LogP contribution in [-0.4, -0.2) is 41.8 Å². The second kappa shape index (κ2) is 8.87. The van der Waals surface area contributed by atoms with Gasteiger partial charge < -0.3 is 14.8 Å². The minimum atomic E-state index is 0.294. The Morgan fingerprint density at radius 1 is 1.46 bits per heavy atom. The average Bonchev–Trinajstić information content (AvgIpc) is 3.29. The molecule has 2 aromatic rings. The van der Waals surface area contributed by atoms with Crippen molar-refractivity contribution in [2.24, 2.45) is 0 Å². The van der Waals surface area contributed by atoms with Crippen molar-refractivity contribution in [3.05, 3.63) is 29.8 Å². The summed E-state index contributed by atoms with van der Waals surface area (Å²) in [6, 6.07) is 9.27. The zero-order chi connectivity index (χ0) is 16.6. The van der Waals surface area contributed by atoms with Crippen LogP contribution >= 0.6 is 23.1 Å². The highest BCUT2D eigenvalue weighted by atomic mass is 32.2. The minimum Gasteiger partial charge on any atom is -0.493 e. The molecule has 1 aliphatic heterocycles. The van der Waals surface area contributed by atoms with E-state index in [2.05, 4.69) is 21.6 Å². The smallest absolute Gasteiger partial charge is 0.206 e. The van der Waals surface area contributed by atoms with E-state index in [4.69, 9.17) is 14.7 Å². The number of anilines is 1. The molecule has 0 amide bonds. The summed E-state index contributed by atoms with van der Waals surface area (Å²) in [5.41, 5.74) is 0.603. The van der Waals surface area contributed by atoms with Gasteiger partial charge in [-0.2, -0.15) is 5.26 Å². The van der Waals surface area contributed by atoms with E-state index in [1.54, 1.807) is 35.2 Å². The molecule has 0 aliphatic carbocycles. The third-order valence-corrected chi connectivity index (χ3v) is 5.43. The maximum atomic E-state index is 8.86. The first-order valence-electron chi connectivity index (χ1n) is 7.78. The molecule has 2 heterocycles. The van der Waals surface area contributed by atoms with Crippen LogP contribution in [0, 0.1) is 11.3 Å². The summed E-state index contributed by atoms with van der Waals surface area (Å²) in [5.74, 6) is 1.49. The molecule has 1 aromatic carbocycles. The van der Waals surface area contributed by atoms with Gasteiger partial charge in [0, 0.05) is 18.9 Å². The Labute approximate surface area is 149 Å². The van der Waals surface area contributed by atoms with Crippen LogP contribution in [0.2, 0.25) is 0 Å². The van der Waals surface area contributed by atoms with Crippen LogP contribution < -0.4 is 10.1 Å². The van der Waals surface area contributed by atoms with Gasteiger partial charge in [0.05, 0.1) is 24.3 Å². The van der Waals surface area contributed by atoms with E-state index in [-0.39, 0.29) is 0 Å². The zero-order valence-corrected chi connectivity index (χ0v) is 14.7. The fourth-order valence-corrected chi connectivity index (χ4v) is 3.94. The SMILES string of the molecule is N#Cc1cccc(OCCSc2nnc(NCC3CCCO3)s2)c1. The minimum absolute atomic E-state index is 0.294. The first-order valence-corrected chi connectivity index (χ1v) is 9.58. The number of thioether (sulfide) groups is 1. The molecule has 126 valence electrons. The lowest BCUT2D eigenvalue weighted by atomic mass is 10.2. The van der Waals surface area contributed by atoms with Crippen molar-refractivity contribution in [3.63, 3.8) is 0 Å². The molecule has 0 saturated carbocycles. The topological polar surface area (TPSA) is 80.1 Å². The summed E-state index contributed by atoms with van der Waals surface area (Å²) in [6.45, 7) is 2.20. The second-order valence-corrected chi connectivity index (χ2v) is 7.55. The van der Waals surface area contributed by atoms with E-state index in [1.165, 1.54) is 0 Å². The van der Waals surface area contributed by atoms with E-state index >= 15 is 0 Å². The lowest BCUT2D eigenvalue weighted by Crippen LogP contribution is -2.18. The molecule has 3 rings (SSSR count). The molecule has 0 bridgehead atoms. The van der Waals surface area contributed by atoms with E-state index in [0.717, 1.165) is 41.2 Å². The van der Waals surface area contributed by atoms with E-state index in [1.807, 2.05) is 12.1 Å². The fourth-order valence-electron chi connectivity index (χ4n) is 2.29. The van der Waals surface area contributed by atoms with Crippen molar-refractivity contribution in [1.29, 1.82) is 5.26 Å². The summed E-state index contributed by atoms with van der Waals surface area (Å²) in [6.07, 6.45) is 2.54. The largest absolute Gasteiger partial charge is 0.493 e. The molecule has 0 spiro atoms. The Morgan fingerprint density at radius 3 is 3.25 bits per heavy atom. The number of nitrogens with one attached hydrogen (secondary N) is 1. The van der Waals surface area contributed by atoms with Crippen LogP contribution in [-0.2, 0) is 4.74 Å². The van der Waals surface area contributed by atoms with Gasteiger partial charge in [-0.1, -0.05) is 29.2 Å². The summed E-state index contributed by atoms with van der Waals surface area (Å²) in [4.78, 5) is 0. The van der Waals surface area contributed by atoms with Gasteiger partial charge in [0.2, 0.25) is 5.13 Å². The van der Waals surface area contributed by atoms with Crippen molar-refractivity contribution < 1.29 is 9.47 Å². The Bertz CT molecular complexity index is 695. The second-order valence-electron chi connectivity index (χ2n) is 5.23. The molecular formula is C16H18N4O2S2. The number of nitrogens with zero attached hydrogens (tertiary/aromatic N) is 3. The van der Waals surface area contributed by atoms with Crippen LogP contribution in [0.3, 0.4) is 0 Å². The third-order valence-electron chi connectivity index (χ3n) is 3.45. The van der Waals surface area contributed by atoms with E-state index in [0.29, 0.717) is 24.0 Å². The maximum absolute atomic E-state index is 8.86. The summed E-state index contributed by atoms with van der Waals surface area (Å²) in [7, 11) is 0. The van der Waals surface area contributed by atoms with Crippen LogP contribution in [0.1, 0.15) is 18.4 Å². The quantitative estimate of drug-likeness (QED) is 0.570. The van der Waals surface area contributed by atoms with Crippen LogP contribution in [0.5, 0.6) is 5.75 Å². The summed E-state index contributed by atoms with van der Waals surface area (Å²) >= 11 is 3.16. The first kappa shape index (κ1) is 17.0. The van der Waals surface area contributed by atoms with Crippen molar-refractivity contribution in [2.45, 2.75) is 23.3 Å². The van der Waals surface area contributed by atoms with Gasteiger partial charge >= 0.3 is 0 Å². The van der Waals surface area contributed by atoms with Gasteiger partial charge in [-0.3, -0.25) is 0 Å². The van der Waals surface area contributed by atoms with Gasteiger partial charge in [-0.15, -0.1) is 10.2 Å². The highest BCUT2D eigenvalue weighted by Crippen LogP contribution is 2.26. The molecule has 1 atom stereocenters. The lowest BCUT2D eigenvalue weighted by molar-refractivity contribution is 0.120. The van der Waals surface area contributed by atoms with Crippen molar-refractivity contribution in [3.8, 4) is 11.8 Å². The van der Waals surface area contributed by atoms with E-state index < -0.39 is 0 Å². The number of hydrogen-bond acceptors (Lipinski definition) is 8. The number of rotatable bonds is 8. The van der Waals surface area contributed by atoms with Gasteiger partial charge in [-0.05, 0) is 31.0 Å². The maximum Gasteiger partial charge on any atom is 0.206 e. The number of ether oxygens (including phenoxy) is 2. The number of hydrogen-bond donors (Lipinski definition) is 1. The number of nitriles is 1. The Hall–Kier alpha value is -1.82. The molecule has 1 unspecified atom stereocenters. The number of benzene rings is 1. The summed E-state index contributed by atoms with van der Waals surface area (Å²) < 4.78 is 12.1. The van der Waals surface area contributed by atoms with Crippen LogP contribution in [0.4, 0.5) is 5.13 Å². The highest BCUT2D eigenvalue weighted by Gasteiger charge is 2.15. The monoisotopic (exact) mass is 362 g/mol. The Kier molecular flexibility index (Phi) is 6.29. The van der Waals surface area contributed by atoms with Gasteiger partial charge in [0.1, 0.15) is 5.75 Å². The molecule has 0 radical (unpaired) electrons.